The van der Waals surface area contributed by atoms with Crippen LogP contribution < -0.4 is 4.74 Å². The van der Waals surface area contributed by atoms with Crippen molar-refractivity contribution in [1.82, 2.24) is 10.0 Å². The van der Waals surface area contributed by atoms with Crippen LogP contribution >= 0.6 is 11.6 Å². The summed E-state index contributed by atoms with van der Waals surface area (Å²) < 4.78 is 5.72. The second kappa shape index (κ2) is 10.2. The van der Waals surface area contributed by atoms with E-state index < -0.39 is 46.8 Å². The lowest BCUT2D eigenvalue weighted by Gasteiger charge is -2.37. The molecule has 8 rings (SSSR count). The Labute approximate surface area is 250 Å². The maximum atomic E-state index is 13.9. The van der Waals surface area contributed by atoms with E-state index in [0.29, 0.717) is 23.3 Å². The highest BCUT2D eigenvalue weighted by Gasteiger charge is 2.68. The normalized spacial score (nSPS) is 26.1. The van der Waals surface area contributed by atoms with Crippen molar-refractivity contribution in [2.24, 2.45) is 35.5 Å². The van der Waals surface area contributed by atoms with Crippen molar-refractivity contribution < 1.29 is 28.8 Å². The van der Waals surface area contributed by atoms with E-state index in [2.05, 4.69) is 0 Å². The Morgan fingerprint density at radius 1 is 0.884 bits per heavy atom. The van der Waals surface area contributed by atoms with Crippen LogP contribution in [0.5, 0.6) is 11.5 Å². The van der Waals surface area contributed by atoms with Gasteiger partial charge >= 0.3 is 0 Å². The van der Waals surface area contributed by atoms with E-state index in [1.165, 1.54) is 48.5 Å². The van der Waals surface area contributed by atoms with Crippen LogP contribution in [0.4, 0.5) is 5.69 Å². The number of benzene rings is 3. The number of amides is 3. The highest BCUT2D eigenvalue weighted by atomic mass is 35.5. The number of hydrogen-bond acceptors (Lipinski definition) is 7. The molecule has 0 radical (unpaired) electrons. The van der Waals surface area contributed by atoms with Crippen molar-refractivity contribution in [3.8, 4) is 11.5 Å². The first-order valence-electron chi connectivity index (χ1n) is 13.9. The molecule has 0 unspecified atom stereocenters. The minimum absolute atomic E-state index is 0.0438. The van der Waals surface area contributed by atoms with Gasteiger partial charge in [-0.05, 0) is 78.6 Å². The number of hydrazine groups is 1. The molecule has 1 heterocycles. The van der Waals surface area contributed by atoms with Crippen LogP contribution in [0.25, 0.3) is 0 Å². The zero-order valence-electron chi connectivity index (χ0n) is 22.5. The molecule has 0 N–H and O–H groups in total. The summed E-state index contributed by atoms with van der Waals surface area (Å²) in [5.41, 5.74) is 0.231. The number of non-ortho nitro benzene ring substituents is 1. The number of hydrogen-bond donors (Lipinski definition) is 0. The number of halogens is 1. The smallest absolute Gasteiger partial charge is 0.274 e. The summed E-state index contributed by atoms with van der Waals surface area (Å²) >= 11 is 6.33. The third-order valence-corrected chi connectivity index (χ3v) is 9.30. The number of nitro benzene ring substituents is 1. The predicted molar refractivity (Wildman–Crippen MR) is 153 cm³/mol. The van der Waals surface area contributed by atoms with E-state index >= 15 is 0 Å². The van der Waals surface area contributed by atoms with E-state index in [1.807, 2.05) is 12.2 Å². The topological polar surface area (TPSA) is 127 Å². The number of carbonyl (C=O) groups excluding carboxylic acids is 4. The zero-order valence-corrected chi connectivity index (χ0v) is 23.3. The molecule has 2 bridgehead atoms. The van der Waals surface area contributed by atoms with Gasteiger partial charge in [0.2, 0.25) is 0 Å². The molecule has 5 aliphatic rings. The van der Waals surface area contributed by atoms with Gasteiger partial charge in [0, 0.05) is 17.7 Å². The van der Waals surface area contributed by atoms with Gasteiger partial charge in [-0.3, -0.25) is 29.3 Å². The Morgan fingerprint density at radius 2 is 1.44 bits per heavy atom. The fourth-order valence-corrected chi connectivity index (χ4v) is 7.11. The SMILES string of the molecule is O=C(CN(C(=O)c1ccccc1Cl)N1C(=O)[C@@H]2[C@H]3C=C[C@@H]([C@@H]4C[C@@H]34)[C@H]2C1=O)c1ccc(Oc2ccc([N+](=O)[O-])cc2)cc1. The van der Waals surface area contributed by atoms with Gasteiger partial charge in [-0.2, -0.15) is 5.01 Å². The molecule has 10 nitrogen and oxygen atoms in total. The van der Waals surface area contributed by atoms with Crippen molar-refractivity contribution in [2.45, 2.75) is 6.42 Å². The first kappa shape index (κ1) is 27.0. The Balaban J connectivity index is 1.14. The summed E-state index contributed by atoms with van der Waals surface area (Å²) in [6.45, 7) is -0.556. The number of imide groups is 1. The summed E-state index contributed by atoms with van der Waals surface area (Å²) in [5, 5.41) is 12.8. The maximum absolute atomic E-state index is 13.9. The van der Waals surface area contributed by atoms with Gasteiger partial charge in [-0.25, -0.2) is 5.01 Å². The van der Waals surface area contributed by atoms with Crippen molar-refractivity contribution in [3.63, 3.8) is 0 Å². The molecule has 1 aliphatic heterocycles. The van der Waals surface area contributed by atoms with Crippen molar-refractivity contribution >= 4 is 40.8 Å². The van der Waals surface area contributed by atoms with Crippen LogP contribution in [0, 0.1) is 45.6 Å². The number of carbonyl (C=O) groups is 4. The molecule has 2 saturated carbocycles. The number of ether oxygens (including phenoxy) is 1. The number of allylic oxidation sites excluding steroid dienone is 2. The van der Waals surface area contributed by atoms with Gasteiger partial charge in [0.15, 0.2) is 5.78 Å². The second-order valence-corrected chi connectivity index (χ2v) is 11.7. The summed E-state index contributed by atoms with van der Waals surface area (Å²) in [7, 11) is 0. The number of rotatable bonds is 8. The Bertz CT molecular complexity index is 1690. The lowest BCUT2D eigenvalue weighted by atomic mass is 9.63. The van der Waals surface area contributed by atoms with Crippen LogP contribution in [-0.2, 0) is 9.59 Å². The number of ketones is 1. The minimum Gasteiger partial charge on any atom is -0.457 e. The van der Waals surface area contributed by atoms with E-state index in [9.17, 15) is 29.3 Å². The second-order valence-electron chi connectivity index (χ2n) is 11.3. The quantitative estimate of drug-likeness (QED) is 0.113. The zero-order chi connectivity index (χ0) is 30.0. The third-order valence-electron chi connectivity index (χ3n) is 8.97. The molecular formula is C32H24ClN3O7. The Morgan fingerprint density at radius 3 is 2.00 bits per heavy atom. The first-order chi connectivity index (χ1) is 20.7. The molecule has 11 heteroatoms. The average Bonchev–Trinajstić information content (AvgIpc) is 3.79. The monoisotopic (exact) mass is 597 g/mol. The molecule has 6 atom stereocenters. The highest BCUT2D eigenvalue weighted by Crippen LogP contribution is 2.65. The number of Topliss-reactive ketones (excluding diaryl/α,β-unsaturated/α-hetero) is 1. The third kappa shape index (κ3) is 4.49. The van der Waals surface area contributed by atoms with Gasteiger partial charge in [0.25, 0.3) is 23.4 Å². The fourth-order valence-electron chi connectivity index (χ4n) is 6.89. The molecule has 3 aromatic carbocycles. The van der Waals surface area contributed by atoms with E-state index in [4.69, 9.17) is 16.3 Å². The molecular weight excluding hydrogens is 574 g/mol. The molecule has 3 amide bonds. The molecule has 43 heavy (non-hydrogen) atoms. The molecule has 216 valence electrons. The summed E-state index contributed by atoms with van der Waals surface area (Å²) in [6, 6.07) is 18.0. The standard InChI is InChI=1S/C32H24ClN3O7/c33-26-4-2-1-3-23(26)30(38)34(35-31(39)28-21-13-14-22(25-15-24(21)25)29(28)32(35)40)16-27(37)17-5-9-19(10-6-17)43-20-11-7-18(8-12-20)36(41)42/h1-14,21-22,24-25,28-29H,15-16H2/t21-,22-,24-,25-,28+,29+/m0/s1. The fraction of sp³-hybridized carbons (Fsp3) is 0.250. The van der Waals surface area contributed by atoms with E-state index in [0.717, 1.165) is 16.4 Å². The van der Waals surface area contributed by atoms with Gasteiger partial charge in [-0.15, -0.1) is 0 Å². The van der Waals surface area contributed by atoms with Gasteiger partial charge in [0.05, 0.1) is 27.3 Å². The lowest BCUT2D eigenvalue weighted by molar-refractivity contribution is -0.384. The van der Waals surface area contributed by atoms with Crippen molar-refractivity contribution in [3.05, 3.63) is 111 Å². The van der Waals surface area contributed by atoms with Crippen LogP contribution in [0.15, 0.2) is 84.9 Å². The molecule has 4 aliphatic carbocycles. The van der Waals surface area contributed by atoms with Gasteiger partial charge in [0.1, 0.15) is 18.0 Å². The van der Waals surface area contributed by atoms with E-state index in [-0.39, 0.29) is 33.7 Å². The van der Waals surface area contributed by atoms with E-state index in [1.54, 1.807) is 24.3 Å². The molecule has 1 saturated heterocycles. The average molecular weight is 598 g/mol. The molecule has 0 spiro atoms. The summed E-state index contributed by atoms with van der Waals surface area (Å²) in [6.07, 6.45) is 5.08. The van der Waals surface area contributed by atoms with Gasteiger partial charge in [-0.1, -0.05) is 35.9 Å². The van der Waals surface area contributed by atoms with Crippen LogP contribution in [0.1, 0.15) is 27.1 Å². The summed E-state index contributed by atoms with van der Waals surface area (Å²) in [4.78, 5) is 65.4. The first-order valence-corrected chi connectivity index (χ1v) is 14.3. The van der Waals surface area contributed by atoms with Crippen molar-refractivity contribution in [2.75, 3.05) is 6.54 Å². The van der Waals surface area contributed by atoms with Gasteiger partial charge < -0.3 is 4.74 Å². The largest absolute Gasteiger partial charge is 0.457 e. The minimum atomic E-state index is -0.720. The maximum Gasteiger partial charge on any atom is 0.274 e. The molecule has 0 aromatic heterocycles. The molecule has 3 aromatic rings. The van der Waals surface area contributed by atoms with Crippen molar-refractivity contribution in [1.29, 1.82) is 0 Å². The Hall–Kier alpha value is -4.83. The van der Waals surface area contributed by atoms with Crippen LogP contribution in [-0.4, -0.2) is 45.0 Å². The van der Waals surface area contributed by atoms with Crippen LogP contribution in [0.2, 0.25) is 5.02 Å². The predicted octanol–water partition coefficient (Wildman–Crippen LogP) is 5.33. The lowest BCUT2D eigenvalue weighted by Crippen LogP contribution is -2.52. The highest BCUT2D eigenvalue weighted by molar-refractivity contribution is 6.34. The van der Waals surface area contributed by atoms with Crippen LogP contribution in [0.3, 0.4) is 0 Å². The molecule has 3 fully saturated rings. The number of nitro groups is 1. The number of nitrogens with zero attached hydrogens (tertiary/aromatic N) is 3. The summed E-state index contributed by atoms with van der Waals surface area (Å²) in [5.74, 6) is -1.79. The Kier molecular flexibility index (Phi) is 6.39.